The zero-order valence-corrected chi connectivity index (χ0v) is 16.9. The van der Waals surface area contributed by atoms with E-state index in [2.05, 4.69) is 10.3 Å². The van der Waals surface area contributed by atoms with Crippen molar-refractivity contribution in [2.24, 2.45) is 5.41 Å². The first-order valence-corrected chi connectivity index (χ1v) is 9.27. The normalized spacial score (nSPS) is 12.6. The van der Waals surface area contributed by atoms with E-state index < -0.39 is 17.4 Å². The number of carbonyl (C=O) groups excluding carboxylic acids is 2. The minimum Gasteiger partial charge on any atom is -0.467 e. The topological polar surface area (TPSA) is 73.2 Å². The predicted octanol–water partition coefficient (Wildman–Crippen LogP) is 3.54. The predicted molar refractivity (Wildman–Crippen MR) is 108 cm³/mol. The van der Waals surface area contributed by atoms with E-state index in [1.54, 1.807) is 30.6 Å². The van der Waals surface area contributed by atoms with Crippen molar-refractivity contribution in [3.05, 3.63) is 65.7 Å². The summed E-state index contributed by atoms with van der Waals surface area (Å²) in [5.41, 5.74) is 1.40. The van der Waals surface area contributed by atoms with Crippen LogP contribution in [-0.4, -0.2) is 34.6 Å². The maximum atomic E-state index is 13.2. The number of rotatable bonds is 5. The van der Waals surface area contributed by atoms with Crippen LogP contribution in [0.2, 0.25) is 0 Å². The Labute approximate surface area is 168 Å². The fourth-order valence-electron chi connectivity index (χ4n) is 3.17. The Bertz CT molecular complexity index is 1040. The fourth-order valence-corrected chi connectivity index (χ4v) is 3.17. The highest BCUT2D eigenvalue weighted by molar-refractivity contribution is 6.07. The second-order valence-electron chi connectivity index (χ2n) is 7.97. The van der Waals surface area contributed by atoms with Crippen LogP contribution in [0.3, 0.4) is 0 Å². The first kappa shape index (κ1) is 20.5. The lowest BCUT2D eigenvalue weighted by Crippen LogP contribution is -2.49. The van der Waals surface area contributed by atoms with Crippen LogP contribution in [0, 0.1) is 11.2 Å². The van der Waals surface area contributed by atoms with Gasteiger partial charge in [0.25, 0.3) is 5.91 Å². The zero-order chi connectivity index (χ0) is 21.2. The van der Waals surface area contributed by atoms with Gasteiger partial charge in [-0.25, -0.2) is 14.2 Å². The average molecular weight is 397 g/mol. The molecule has 7 heteroatoms. The lowest BCUT2D eigenvalue weighted by molar-refractivity contribution is -0.145. The van der Waals surface area contributed by atoms with Gasteiger partial charge in [0.1, 0.15) is 17.5 Å². The zero-order valence-electron chi connectivity index (χ0n) is 16.9. The number of aromatic nitrogens is 2. The molecular weight excluding hydrogens is 373 g/mol. The first-order chi connectivity index (χ1) is 13.7. The number of benzene rings is 1. The van der Waals surface area contributed by atoms with E-state index in [9.17, 15) is 14.0 Å². The highest BCUT2D eigenvalue weighted by Crippen LogP contribution is 2.24. The van der Waals surface area contributed by atoms with Crippen LogP contribution in [0.5, 0.6) is 0 Å². The molecule has 2 heterocycles. The van der Waals surface area contributed by atoms with Gasteiger partial charge in [0.05, 0.1) is 12.7 Å². The summed E-state index contributed by atoms with van der Waals surface area (Å²) in [6, 6.07) is 8.93. The second kappa shape index (κ2) is 8.03. The summed E-state index contributed by atoms with van der Waals surface area (Å²) in [7, 11) is 1.30. The number of hydrogen-bond donors (Lipinski definition) is 1. The third-order valence-electron chi connectivity index (χ3n) is 4.72. The number of amides is 1. The summed E-state index contributed by atoms with van der Waals surface area (Å²) in [5, 5.41) is 3.47. The van der Waals surface area contributed by atoms with E-state index in [1.165, 1.54) is 19.2 Å². The second-order valence-corrected chi connectivity index (χ2v) is 7.97. The molecule has 0 radical (unpaired) electrons. The van der Waals surface area contributed by atoms with Crippen molar-refractivity contribution in [3.8, 4) is 0 Å². The highest BCUT2D eigenvalue weighted by Gasteiger charge is 2.34. The van der Waals surface area contributed by atoms with Crippen LogP contribution in [0.4, 0.5) is 4.39 Å². The molecule has 0 saturated heterocycles. The van der Waals surface area contributed by atoms with Crippen LogP contribution in [0.15, 0.2) is 48.8 Å². The van der Waals surface area contributed by atoms with E-state index in [1.807, 2.05) is 31.4 Å². The van der Waals surface area contributed by atoms with Gasteiger partial charge in [-0.1, -0.05) is 32.9 Å². The third-order valence-corrected chi connectivity index (χ3v) is 4.72. The molecule has 0 aliphatic carbocycles. The van der Waals surface area contributed by atoms with Gasteiger partial charge in [0, 0.05) is 24.3 Å². The van der Waals surface area contributed by atoms with Crippen molar-refractivity contribution in [2.45, 2.75) is 33.4 Å². The van der Waals surface area contributed by atoms with Crippen molar-refractivity contribution in [3.63, 3.8) is 0 Å². The summed E-state index contributed by atoms with van der Waals surface area (Å²) in [6.07, 6.45) is 3.35. The van der Waals surface area contributed by atoms with E-state index in [4.69, 9.17) is 4.74 Å². The van der Waals surface area contributed by atoms with E-state index in [-0.39, 0.29) is 11.7 Å². The Morgan fingerprint density at radius 3 is 2.52 bits per heavy atom. The third kappa shape index (κ3) is 4.45. The lowest BCUT2D eigenvalue weighted by atomic mass is 9.86. The van der Waals surface area contributed by atoms with Gasteiger partial charge in [-0.05, 0) is 35.2 Å². The molecule has 1 atom stereocenters. The molecule has 1 aromatic carbocycles. The van der Waals surface area contributed by atoms with E-state index >= 15 is 0 Å². The Kier molecular flexibility index (Phi) is 5.68. The van der Waals surface area contributed by atoms with Gasteiger partial charge in [-0.15, -0.1) is 0 Å². The molecule has 6 nitrogen and oxygen atoms in total. The number of ether oxygens (including phenoxy) is 1. The number of fused-ring (bicyclic) bond motifs is 1. The van der Waals surface area contributed by atoms with Gasteiger partial charge in [0.2, 0.25) is 0 Å². The summed E-state index contributed by atoms with van der Waals surface area (Å²) in [4.78, 5) is 29.6. The summed E-state index contributed by atoms with van der Waals surface area (Å²) < 4.78 is 19.9. The number of carbonyl (C=O) groups is 2. The van der Waals surface area contributed by atoms with Crippen molar-refractivity contribution in [1.29, 1.82) is 0 Å². The number of esters is 1. The Morgan fingerprint density at radius 1 is 1.21 bits per heavy atom. The van der Waals surface area contributed by atoms with E-state index in [0.717, 1.165) is 5.56 Å². The molecule has 0 spiro atoms. The van der Waals surface area contributed by atoms with Crippen LogP contribution < -0.4 is 5.32 Å². The number of methoxy groups -OCH3 is 1. The van der Waals surface area contributed by atoms with Gasteiger partial charge in [0.15, 0.2) is 0 Å². The molecule has 1 amide bonds. The van der Waals surface area contributed by atoms with Crippen LogP contribution in [-0.2, 0) is 16.1 Å². The number of nitrogens with zero attached hydrogens (tertiary/aromatic N) is 2. The molecule has 1 N–H and O–H groups in total. The van der Waals surface area contributed by atoms with Gasteiger partial charge < -0.3 is 14.6 Å². The highest BCUT2D eigenvalue weighted by atomic mass is 19.1. The maximum Gasteiger partial charge on any atom is 0.328 e. The number of halogens is 1. The number of hydrogen-bond acceptors (Lipinski definition) is 4. The minimum atomic E-state index is -0.799. The SMILES string of the molecule is COC(=O)C(NC(=O)c1cn(Cc2ccc(F)cc2)c2ncccc12)C(C)(C)C. The average Bonchev–Trinajstić information content (AvgIpc) is 3.05. The maximum absolute atomic E-state index is 13.2. The summed E-state index contributed by atoms with van der Waals surface area (Å²) in [5.74, 6) is -1.19. The largest absolute Gasteiger partial charge is 0.467 e. The quantitative estimate of drug-likeness (QED) is 0.669. The molecule has 0 fully saturated rings. The molecule has 0 bridgehead atoms. The number of pyridine rings is 1. The first-order valence-electron chi connectivity index (χ1n) is 9.27. The molecule has 152 valence electrons. The molecule has 1 unspecified atom stereocenters. The Balaban J connectivity index is 1.96. The summed E-state index contributed by atoms with van der Waals surface area (Å²) in [6.45, 7) is 6.00. The number of nitrogens with one attached hydrogen (secondary N) is 1. The van der Waals surface area contributed by atoms with Gasteiger partial charge >= 0.3 is 5.97 Å². The summed E-state index contributed by atoms with van der Waals surface area (Å²) >= 11 is 0. The van der Waals surface area contributed by atoms with Crippen molar-refractivity contribution in [2.75, 3.05) is 7.11 Å². The van der Waals surface area contributed by atoms with Crippen LogP contribution in [0.25, 0.3) is 11.0 Å². The fraction of sp³-hybridized carbons (Fsp3) is 0.318. The van der Waals surface area contributed by atoms with Crippen molar-refractivity contribution >= 4 is 22.9 Å². The van der Waals surface area contributed by atoms with E-state index in [0.29, 0.717) is 23.1 Å². The molecule has 3 aromatic rings. The molecule has 0 saturated carbocycles. The standard InChI is InChI=1S/C22H24FN3O3/c1-22(2,3)18(21(28)29-4)25-20(27)17-13-26(19-16(17)6-5-11-24-19)12-14-7-9-15(23)10-8-14/h5-11,13,18H,12H2,1-4H3,(H,25,27). The van der Waals surface area contributed by atoms with Gasteiger partial charge in [-0.2, -0.15) is 0 Å². The molecule has 0 aliphatic heterocycles. The molecule has 29 heavy (non-hydrogen) atoms. The van der Waals surface area contributed by atoms with Crippen molar-refractivity contribution < 1.29 is 18.7 Å². The Hall–Kier alpha value is -3.22. The van der Waals surface area contributed by atoms with Crippen LogP contribution in [0.1, 0.15) is 36.7 Å². The smallest absolute Gasteiger partial charge is 0.328 e. The molecule has 2 aromatic heterocycles. The lowest BCUT2D eigenvalue weighted by Gasteiger charge is -2.28. The molecule has 0 aliphatic rings. The van der Waals surface area contributed by atoms with Crippen molar-refractivity contribution in [1.82, 2.24) is 14.9 Å². The Morgan fingerprint density at radius 2 is 1.90 bits per heavy atom. The molecule has 3 rings (SSSR count). The van der Waals surface area contributed by atoms with Crippen LogP contribution >= 0.6 is 0 Å². The van der Waals surface area contributed by atoms with Gasteiger partial charge in [-0.3, -0.25) is 4.79 Å². The monoisotopic (exact) mass is 397 g/mol. The minimum absolute atomic E-state index is 0.305. The molecular formula is C22H24FN3O3.